The van der Waals surface area contributed by atoms with Crippen LogP contribution in [0.2, 0.25) is 0 Å². The van der Waals surface area contributed by atoms with Gasteiger partial charge in [0.1, 0.15) is 12.2 Å². The number of nitrogens with one attached hydrogen (secondary N) is 1. The maximum Gasteiger partial charge on any atom is 0.262 e. The van der Waals surface area contributed by atoms with Crippen LogP contribution in [0, 0.1) is 0 Å². The van der Waals surface area contributed by atoms with Gasteiger partial charge in [0, 0.05) is 35.7 Å². The molecule has 3 fully saturated rings. The second kappa shape index (κ2) is 9.31. The van der Waals surface area contributed by atoms with Crippen LogP contribution < -0.4 is 10.1 Å². The number of fused-ring (bicyclic) bond motifs is 3. The van der Waals surface area contributed by atoms with Gasteiger partial charge in [-0.05, 0) is 65.0 Å². The lowest BCUT2D eigenvalue weighted by atomic mass is 9.84. The number of carbonyl (C=O) groups excluding carboxylic acids is 2. The minimum atomic E-state index is -0.695. The van der Waals surface area contributed by atoms with E-state index in [2.05, 4.69) is 10.3 Å². The van der Waals surface area contributed by atoms with E-state index in [0.717, 1.165) is 31.4 Å². The Morgan fingerprint density at radius 2 is 2.17 bits per heavy atom. The lowest BCUT2D eigenvalue weighted by Crippen LogP contribution is -2.29. The first-order valence-electron chi connectivity index (χ1n) is 12.4. The van der Waals surface area contributed by atoms with Crippen LogP contribution in [-0.4, -0.2) is 62.6 Å². The van der Waals surface area contributed by atoms with E-state index < -0.39 is 12.3 Å². The first-order valence-corrected chi connectivity index (χ1v) is 12.4. The molecule has 10 heteroatoms. The molecule has 0 aromatic carbocycles. The highest BCUT2D eigenvalue weighted by Crippen LogP contribution is 2.54. The molecule has 1 aliphatic heterocycles. The monoisotopic (exact) mass is 497 g/mol. The molecule has 0 radical (unpaired) electrons. The van der Waals surface area contributed by atoms with Crippen molar-refractivity contribution in [2.24, 2.45) is 0 Å². The summed E-state index contributed by atoms with van der Waals surface area (Å²) in [5.74, 6) is 0.244. The summed E-state index contributed by atoms with van der Waals surface area (Å²) in [6, 6.07) is 0.281. The first kappa shape index (κ1) is 24.4. The lowest BCUT2D eigenvalue weighted by molar-refractivity contribution is -0.116. The minimum Gasteiger partial charge on any atom is -0.474 e. The Morgan fingerprint density at radius 3 is 2.78 bits per heavy atom. The van der Waals surface area contributed by atoms with E-state index in [1.54, 1.807) is 40.8 Å². The van der Waals surface area contributed by atoms with Crippen LogP contribution in [0.1, 0.15) is 68.9 Å². The van der Waals surface area contributed by atoms with Gasteiger partial charge in [-0.25, -0.2) is 9.37 Å². The van der Waals surface area contributed by atoms with Crippen LogP contribution in [-0.2, 0) is 14.9 Å². The molecule has 2 atom stereocenters. The molecule has 192 valence electrons. The van der Waals surface area contributed by atoms with Crippen molar-refractivity contribution < 1.29 is 23.5 Å². The number of hydrogen-bond donors (Lipinski definition) is 1. The smallest absolute Gasteiger partial charge is 0.262 e. The molecule has 5 rings (SSSR count). The first-order chi connectivity index (χ1) is 17.3. The number of nitrogens with zero attached hydrogens (tertiary/aromatic N) is 4. The lowest BCUT2D eigenvalue weighted by Gasteiger charge is -2.25. The Balaban J connectivity index is 1.39. The third-order valence-electron chi connectivity index (χ3n) is 7.17. The largest absolute Gasteiger partial charge is 0.474 e. The van der Waals surface area contributed by atoms with Gasteiger partial charge in [-0.2, -0.15) is 4.98 Å². The maximum atomic E-state index is 13.6. The quantitative estimate of drug-likeness (QED) is 0.399. The van der Waals surface area contributed by atoms with Crippen molar-refractivity contribution in [3.05, 3.63) is 47.7 Å². The van der Waals surface area contributed by atoms with Crippen molar-refractivity contribution in [2.75, 3.05) is 13.3 Å². The minimum absolute atomic E-state index is 0.195. The molecule has 2 amide bonds. The number of carbonyl (C=O) groups is 2. The predicted octanol–water partition coefficient (Wildman–Crippen LogP) is 3.44. The van der Waals surface area contributed by atoms with Crippen molar-refractivity contribution in [3.8, 4) is 5.88 Å². The van der Waals surface area contributed by atoms with Gasteiger partial charge in [0.2, 0.25) is 18.1 Å². The van der Waals surface area contributed by atoms with Gasteiger partial charge in [-0.3, -0.25) is 14.0 Å². The molecule has 3 heterocycles. The zero-order valence-electron chi connectivity index (χ0n) is 20.9. The van der Waals surface area contributed by atoms with E-state index in [0.29, 0.717) is 30.9 Å². The number of halogens is 1. The van der Waals surface area contributed by atoms with E-state index in [1.807, 2.05) is 20.0 Å². The molecule has 1 N–H and O–H groups in total. The van der Waals surface area contributed by atoms with E-state index in [9.17, 15) is 14.0 Å². The van der Waals surface area contributed by atoms with Gasteiger partial charge in [0.15, 0.2) is 0 Å². The fourth-order valence-corrected chi connectivity index (χ4v) is 5.07. The number of rotatable bonds is 10. The Morgan fingerprint density at radius 1 is 1.36 bits per heavy atom. The third-order valence-corrected chi connectivity index (χ3v) is 7.17. The zero-order valence-corrected chi connectivity index (χ0v) is 20.9. The third kappa shape index (κ3) is 4.61. The second-order valence-corrected chi connectivity index (χ2v) is 10.5. The standard InChI is InChI=1S/C26H32FN5O4/c1-17(2)36-23-20(22(34)28-18(3)5-4-10-31(16-33)19-6-7-19)11-32-12-21(29-24(32)30-23)25-8-9-26(13-25,14-27)35-15-25/h4-5,10-12,16-17,19H,6-9,13-15H2,1-3H3,(H,28,34)/b10-4-,18-5+. The summed E-state index contributed by atoms with van der Waals surface area (Å²) in [6.07, 6.45) is 13.4. The molecule has 3 aliphatic rings. The maximum absolute atomic E-state index is 13.6. The van der Waals surface area contributed by atoms with Crippen molar-refractivity contribution >= 4 is 18.1 Å². The number of alkyl halides is 1. The fourth-order valence-electron chi connectivity index (χ4n) is 5.07. The fraction of sp³-hybridized carbons (Fsp3) is 0.538. The van der Waals surface area contributed by atoms with Crippen LogP contribution in [0.15, 0.2) is 36.4 Å². The van der Waals surface area contributed by atoms with E-state index in [-0.39, 0.29) is 34.9 Å². The summed E-state index contributed by atoms with van der Waals surface area (Å²) >= 11 is 0. The molecule has 2 bridgehead atoms. The number of imidazole rings is 1. The normalized spacial score (nSPS) is 25.8. The molecule has 2 unspecified atom stereocenters. The highest BCUT2D eigenvalue weighted by atomic mass is 19.1. The Kier molecular flexibility index (Phi) is 6.32. The number of amides is 2. The van der Waals surface area contributed by atoms with Crippen LogP contribution in [0.3, 0.4) is 0 Å². The predicted molar refractivity (Wildman–Crippen MR) is 130 cm³/mol. The molecule has 2 saturated carbocycles. The number of aromatic nitrogens is 3. The van der Waals surface area contributed by atoms with E-state index in [4.69, 9.17) is 14.5 Å². The summed E-state index contributed by atoms with van der Waals surface area (Å²) in [7, 11) is 0. The van der Waals surface area contributed by atoms with Crippen molar-refractivity contribution in [1.29, 1.82) is 0 Å². The summed E-state index contributed by atoms with van der Waals surface area (Å²) in [6.45, 7) is 5.44. The summed E-state index contributed by atoms with van der Waals surface area (Å²) in [5, 5.41) is 2.86. The number of ether oxygens (including phenoxy) is 2. The Bertz CT molecular complexity index is 1220. The SMILES string of the molecule is C/C(=C\C=C/N(C=O)C1CC1)NC(=O)c1cn2cc(C34CCC(CF)(C3)OC4)nc2nc1OC(C)C. The van der Waals surface area contributed by atoms with Gasteiger partial charge >= 0.3 is 0 Å². The van der Waals surface area contributed by atoms with Crippen molar-refractivity contribution in [3.63, 3.8) is 0 Å². The highest BCUT2D eigenvalue weighted by Gasteiger charge is 2.57. The van der Waals surface area contributed by atoms with Gasteiger partial charge < -0.3 is 19.7 Å². The molecule has 2 aliphatic carbocycles. The molecule has 36 heavy (non-hydrogen) atoms. The highest BCUT2D eigenvalue weighted by molar-refractivity contribution is 5.97. The summed E-state index contributed by atoms with van der Waals surface area (Å²) < 4.78 is 27.0. The van der Waals surface area contributed by atoms with E-state index >= 15 is 0 Å². The van der Waals surface area contributed by atoms with Gasteiger partial charge in [0.05, 0.1) is 24.0 Å². The van der Waals surface area contributed by atoms with E-state index in [1.165, 1.54) is 0 Å². The average Bonchev–Trinajstić information content (AvgIpc) is 3.33. The van der Waals surface area contributed by atoms with Crippen LogP contribution in [0.4, 0.5) is 4.39 Å². The Labute approximate surface area is 209 Å². The molecule has 1 saturated heterocycles. The molecule has 0 spiro atoms. The summed E-state index contributed by atoms with van der Waals surface area (Å²) in [4.78, 5) is 35.2. The van der Waals surface area contributed by atoms with Crippen LogP contribution >= 0.6 is 0 Å². The number of hydrogen-bond acceptors (Lipinski definition) is 6. The average molecular weight is 498 g/mol. The van der Waals surface area contributed by atoms with Crippen molar-refractivity contribution in [2.45, 2.75) is 76.0 Å². The van der Waals surface area contributed by atoms with Gasteiger partial charge in [0.25, 0.3) is 5.91 Å². The van der Waals surface area contributed by atoms with Crippen molar-refractivity contribution in [1.82, 2.24) is 24.6 Å². The second-order valence-electron chi connectivity index (χ2n) is 10.5. The summed E-state index contributed by atoms with van der Waals surface area (Å²) in [5.41, 5.74) is 0.653. The molecule has 2 aromatic rings. The van der Waals surface area contributed by atoms with Crippen LogP contribution in [0.25, 0.3) is 5.78 Å². The van der Waals surface area contributed by atoms with Gasteiger partial charge in [-0.15, -0.1) is 0 Å². The van der Waals surface area contributed by atoms with Crippen LogP contribution in [0.5, 0.6) is 5.88 Å². The molecule has 9 nitrogen and oxygen atoms in total. The van der Waals surface area contributed by atoms with Gasteiger partial charge in [-0.1, -0.05) is 0 Å². The molecular weight excluding hydrogens is 465 g/mol. The molecule has 2 aromatic heterocycles. The number of allylic oxidation sites excluding steroid dienone is 3. The topological polar surface area (TPSA) is 98.1 Å². The zero-order chi connectivity index (χ0) is 25.5. The molecular formula is C26H32FN5O4. The Hall–Kier alpha value is -3.27.